The van der Waals surface area contributed by atoms with Gasteiger partial charge in [-0.1, -0.05) is 17.7 Å². The summed E-state index contributed by atoms with van der Waals surface area (Å²) < 4.78 is 0. The van der Waals surface area contributed by atoms with Crippen LogP contribution in [0.5, 0.6) is 0 Å². The highest BCUT2D eigenvalue weighted by atomic mass is 35.5. The molecule has 0 heterocycles. The highest BCUT2D eigenvalue weighted by Gasteiger charge is 2.02. The Morgan fingerprint density at radius 2 is 2.07 bits per heavy atom. The van der Waals surface area contributed by atoms with Gasteiger partial charge in [0.15, 0.2) is 0 Å². The number of anilines is 2. The van der Waals surface area contributed by atoms with Gasteiger partial charge in [0.1, 0.15) is 0 Å². The van der Waals surface area contributed by atoms with Crippen LogP contribution in [0.4, 0.5) is 11.4 Å². The fourth-order valence-corrected chi connectivity index (χ4v) is 1.60. The zero-order chi connectivity index (χ0) is 11.1. The second-order valence-corrected chi connectivity index (χ2v) is 3.82. The van der Waals surface area contributed by atoms with Crippen LogP contribution in [0, 0.1) is 0 Å². The largest absolute Gasteiger partial charge is 0.397 e. The summed E-state index contributed by atoms with van der Waals surface area (Å²) in [6, 6.07) is 5.46. The number of hydrogen-bond donors (Lipinski definition) is 3. The van der Waals surface area contributed by atoms with Crippen molar-refractivity contribution in [2.45, 2.75) is 19.3 Å². The zero-order valence-corrected chi connectivity index (χ0v) is 9.43. The van der Waals surface area contributed by atoms with Crippen molar-refractivity contribution < 1.29 is 5.11 Å². The van der Waals surface area contributed by atoms with E-state index in [0.29, 0.717) is 10.7 Å². The Bertz CT molecular complexity index is 284. The zero-order valence-electron chi connectivity index (χ0n) is 8.67. The van der Waals surface area contributed by atoms with Crippen LogP contribution in [-0.2, 0) is 0 Å². The maximum Gasteiger partial charge on any atom is 0.0763 e. The van der Waals surface area contributed by atoms with E-state index in [0.717, 1.165) is 31.5 Å². The molecule has 0 aliphatic carbocycles. The molecule has 0 unspecified atom stereocenters. The van der Waals surface area contributed by atoms with Crippen LogP contribution < -0.4 is 11.1 Å². The Labute approximate surface area is 95.2 Å². The smallest absolute Gasteiger partial charge is 0.0763 e. The maximum absolute atomic E-state index is 8.61. The number of para-hydroxylation sites is 1. The Hall–Kier alpha value is -0.930. The van der Waals surface area contributed by atoms with Crippen molar-refractivity contribution >= 4 is 23.0 Å². The molecule has 0 atom stereocenters. The summed E-state index contributed by atoms with van der Waals surface area (Å²) in [5.41, 5.74) is 7.25. The fraction of sp³-hybridized carbons (Fsp3) is 0.455. The number of aliphatic hydroxyl groups is 1. The molecule has 3 nitrogen and oxygen atoms in total. The summed E-state index contributed by atoms with van der Waals surface area (Å²) >= 11 is 5.99. The van der Waals surface area contributed by atoms with Crippen molar-refractivity contribution in [2.75, 3.05) is 24.2 Å². The number of nitrogens with one attached hydrogen (secondary N) is 1. The van der Waals surface area contributed by atoms with Crippen LogP contribution in [-0.4, -0.2) is 18.3 Å². The van der Waals surface area contributed by atoms with E-state index < -0.39 is 0 Å². The molecule has 0 aliphatic heterocycles. The SMILES string of the molecule is Nc1cccc(Cl)c1NCCCCCO. The molecule has 1 aromatic rings. The second kappa shape index (κ2) is 6.53. The van der Waals surface area contributed by atoms with Crippen molar-refractivity contribution in [3.63, 3.8) is 0 Å². The third kappa shape index (κ3) is 3.98. The van der Waals surface area contributed by atoms with Crippen molar-refractivity contribution in [3.8, 4) is 0 Å². The standard InChI is InChI=1S/C11H17ClN2O/c12-9-5-4-6-10(13)11(9)14-7-2-1-3-8-15/h4-6,14-15H,1-3,7-8,13H2. The van der Waals surface area contributed by atoms with E-state index in [-0.39, 0.29) is 6.61 Å². The number of rotatable bonds is 6. The summed E-state index contributed by atoms with van der Waals surface area (Å²) in [7, 11) is 0. The molecule has 0 bridgehead atoms. The van der Waals surface area contributed by atoms with Gasteiger partial charge in [0.25, 0.3) is 0 Å². The van der Waals surface area contributed by atoms with Crippen LogP contribution in [0.25, 0.3) is 0 Å². The van der Waals surface area contributed by atoms with Gasteiger partial charge in [0, 0.05) is 13.2 Å². The molecular formula is C11H17ClN2O. The van der Waals surface area contributed by atoms with Crippen LogP contribution in [0.3, 0.4) is 0 Å². The molecule has 0 aliphatic rings. The van der Waals surface area contributed by atoms with Crippen LogP contribution >= 0.6 is 11.6 Å². The van der Waals surface area contributed by atoms with Gasteiger partial charge in [-0.3, -0.25) is 0 Å². The number of nitrogen functional groups attached to an aromatic ring is 1. The molecule has 0 fully saturated rings. The monoisotopic (exact) mass is 228 g/mol. The van der Waals surface area contributed by atoms with Crippen molar-refractivity contribution in [1.29, 1.82) is 0 Å². The predicted octanol–water partition coefficient (Wildman–Crippen LogP) is 2.50. The van der Waals surface area contributed by atoms with E-state index in [4.69, 9.17) is 22.4 Å². The average molecular weight is 229 g/mol. The van der Waals surface area contributed by atoms with E-state index in [2.05, 4.69) is 5.32 Å². The minimum atomic E-state index is 0.258. The quantitative estimate of drug-likeness (QED) is 0.518. The van der Waals surface area contributed by atoms with Gasteiger partial charge in [-0.05, 0) is 31.4 Å². The molecular weight excluding hydrogens is 212 g/mol. The van der Waals surface area contributed by atoms with Crippen LogP contribution in [0.1, 0.15) is 19.3 Å². The average Bonchev–Trinajstić information content (AvgIpc) is 2.21. The number of benzene rings is 1. The van der Waals surface area contributed by atoms with E-state index >= 15 is 0 Å². The van der Waals surface area contributed by atoms with Gasteiger partial charge in [-0.25, -0.2) is 0 Å². The first-order valence-electron chi connectivity index (χ1n) is 5.14. The fourth-order valence-electron chi connectivity index (χ4n) is 1.35. The number of unbranched alkanes of at least 4 members (excludes halogenated alkanes) is 2. The first-order chi connectivity index (χ1) is 7.25. The molecule has 1 aromatic carbocycles. The summed E-state index contributed by atoms with van der Waals surface area (Å²) in [4.78, 5) is 0. The molecule has 15 heavy (non-hydrogen) atoms. The molecule has 0 amide bonds. The number of halogens is 1. The van der Waals surface area contributed by atoms with E-state index in [1.807, 2.05) is 18.2 Å². The van der Waals surface area contributed by atoms with Gasteiger partial charge in [0.2, 0.25) is 0 Å². The molecule has 4 heteroatoms. The number of hydrogen-bond acceptors (Lipinski definition) is 3. The molecule has 0 saturated carbocycles. The highest BCUT2D eigenvalue weighted by Crippen LogP contribution is 2.27. The van der Waals surface area contributed by atoms with Crippen molar-refractivity contribution in [1.82, 2.24) is 0 Å². The lowest BCUT2D eigenvalue weighted by Crippen LogP contribution is -2.05. The van der Waals surface area contributed by atoms with E-state index in [9.17, 15) is 0 Å². The van der Waals surface area contributed by atoms with Gasteiger partial charge in [0.05, 0.1) is 16.4 Å². The van der Waals surface area contributed by atoms with Crippen molar-refractivity contribution in [2.24, 2.45) is 0 Å². The van der Waals surface area contributed by atoms with Gasteiger partial charge in [-0.2, -0.15) is 0 Å². The van der Waals surface area contributed by atoms with Gasteiger partial charge < -0.3 is 16.2 Å². The van der Waals surface area contributed by atoms with Gasteiger partial charge in [-0.15, -0.1) is 0 Å². The summed E-state index contributed by atoms with van der Waals surface area (Å²) in [5, 5.41) is 12.5. The lowest BCUT2D eigenvalue weighted by molar-refractivity contribution is 0.283. The first kappa shape index (κ1) is 12.1. The molecule has 4 N–H and O–H groups in total. The van der Waals surface area contributed by atoms with Crippen LogP contribution in [0.15, 0.2) is 18.2 Å². The molecule has 0 saturated heterocycles. The Kier molecular flexibility index (Phi) is 5.29. The summed E-state index contributed by atoms with van der Waals surface area (Å²) in [6.45, 7) is 1.09. The number of aliphatic hydroxyl groups excluding tert-OH is 1. The third-order valence-corrected chi connectivity index (χ3v) is 2.50. The molecule has 0 radical (unpaired) electrons. The first-order valence-corrected chi connectivity index (χ1v) is 5.52. The lowest BCUT2D eigenvalue weighted by atomic mass is 10.2. The minimum absolute atomic E-state index is 0.258. The molecule has 1 rings (SSSR count). The topological polar surface area (TPSA) is 58.3 Å². The Balaban J connectivity index is 2.37. The molecule has 0 aromatic heterocycles. The van der Waals surface area contributed by atoms with Crippen LogP contribution in [0.2, 0.25) is 5.02 Å². The Morgan fingerprint density at radius 1 is 1.27 bits per heavy atom. The minimum Gasteiger partial charge on any atom is -0.397 e. The predicted molar refractivity (Wildman–Crippen MR) is 65.3 cm³/mol. The normalized spacial score (nSPS) is 10.3. The van der Waals surface area contributed by atoms with E-state index in [1.165, 1.54) is 0 Å². The van der Waals surface area contributed by atoms with E-state index in [1.54, 1.807) is 0 Å². The third-order valence-electron chi connectivity index (χ3n) is 2.18. The highest BCUT2D eigenvalue weighted by molar-refractivity contribution is 6.33. The summed E-state index contributed by atoms with van der Waals surface area (Å²) in [5.74, 6) is 0. The Morgan fingerprint density at radius 3 is 2.73 bits per heavy atom. The van der Waals surface area contributed by atoms with Gasteiger partial charge >= 0.3 is 0 Å². The molecule has 84 valence electrons. The second-order valence-electron chi connectivity index (χ2n) is 3.42. The van der Waals surface area contributed by atoms with Crippen molar-refractivity contribution in [3.05, 3.63) is 23.2 Å². The number of nitrogens with two attached hydrogens (primary N) is 1. The summed E-state index contributed by atoms with van der Waals surface area (Å²) in [6.07, 6.45) is 2.86. The lowest BCUT2D eigenvalue weighted by Gasteiger charge is -2.10. The maximum atomic E-state index is 8.61. The molecule has 0 spiro atoms.